The van der Waals surface area contributed by atoms with Crippen LogP contribution >= 0.6 is 0 Å². The molecule has 0 N–H and O–H groups in total. The van der Waals surface area contributed by atoms with Crippen LogP contribution in [-0.4, -0.2) is 56.0 Å². The molecule has 0 radical (unpaired) electrons. The lowest BCUT2D eigenvalue weighted by molar-refractivity contribution is 0.0697. The van der Waals surface area contributed by atoms with Crippen molar-refractivity contribution in [3.63, 3.8) is 0 Å². The predicted octanol–water partition coefficient (Wildman–Crippen LogP) is 0.682. The van der Waals surface area contributed by atoms with Gasteiger partial charge in [-0.1, -0.05) is 0 Å². The van der Waals surface area contributed by atoms with E-state index in [1.807, 2.05) is 0 Å². The highest BCUT2D eigenvalue weighted by Gasteiger charge is 2.26. The number of sulfonamides is 1. The van der Waals surface area contributed by atoms with Crippen molar-refractivity contribution in [2.45, 2.75) is 0 Å². The number of nitrogens with zero attached hydrogens (tertiary/aromatic N) is 2. The summed E-state index contributed by atoms with van der Waals surface area (Å²) < 4.78 is 50.1. The third-order valence-corrected chi connectivity index (χ3v) is 4.41. The Bertz CT molecular complexity index is 605. The molecule has 0 spiro atoms. The standard InChI is InChI=1S/C12H14F2N2O3S/c1-20(18,19)16-4-2-15(3-5-16)12(17)9-6-10(13)8-11(14)7-9/h6-8H,2-5H2,1H3. The summed E-state index contributed by atoms with van der Waals surface area (Å²) in [6.45, 7) is 0.763. The molecule has 0 unspecified atom stereocenters. The van der Waals surface area contributed by atoms with Gasteiger partial charge < -0.3 is 4.90 Å². The van der Waals surface area contributed by atoms with Gasteiger partial charge in [-0.25, -0.2) is 17.2 Å². The summed E-state index contributed by atoms with van der Waals surface area (Å²) >= 11 is 0. The molecule has 1 aromatic rings. The van der Waals surface area contributed by atoms with Crippen molar-refractivity contribution in [2.24, 2.45) is 0 Å². The molecule has 1 fully saturated rings. The van der Waals surface area contributed by atoms with Crippen molar-refractivity contribution in [1.29, 1.82) is 0 Å². The summed E-state index contributed by atoms with van der Waals surface area (Å²) in [5.74, 6) is -2.14. The van der Waals surface area contributed by atoms with Crippen LogP contribution in [0, 0.1) is 11.6 Å². The number of carbonyl (C=O) groups is 1. The highest BCUT2D eigenvalue weighted by molar-refractivity contribution is 7.88. The van der Waals surface area contributed by atoms with Crippen LogP contribution in [0.15, 0.2) is 18.2 Å². The minimum atomic E-state index is -3.28. The molecule has 1 aliphatic heterocycles. The molecule has 0 aromatic heterocycles. The molecular weight excluding hydrogens is 290 g/mol. The van der Waals surface area contributed by atoms with Crippen molar-refractivity contribution >= 4 is 15.9 Å². The first-order valence-corrected chi connectivity index (χ1v) is 7.83. The number of halogens is 2. The van der Waals surface area contributed by atoms with E-state index in [0.717, 1.165) is 18.4 Å². The quantitative estimate of drug-likeness (QED) is 0.807. The minimum absolute atomic E-state index is 0.0738. The number of hydrogen-bond acceptors (Lipinski definition) is 3. The normalized spacial score (nSPS) is 17.2. The number of carbonyl (C=O) groups excluding carboxylic acids is 1. The smallest absolute Gasteiger partial charge is 0.254 e. The maximum absolute atomic E-state index is 13.1. The lowest BCUT2D eigenvalue weighted by atomic mass is 10.1. The Labute approximate surface area is 115 Å². The Balaban J connectivity index is 2.09. The van der Waals surface area contributed by atoms with Crippen molar-refractivity contribution in [3.8, 4) is 0 Å². The Hall–Kier alpha value is -1.54. The molecule has 1 heterocycles. The third-order valence-electron chi connectivity index (χ3n) is 3.10. The van der Waals surface area contributed by atoms with Gasteiger partial charge in [-0.3, -0.25) is 4.79 Å². The average Bonchev–Trinajstić information content (AvgIpc) is 2.36. The second kappa shape index (κ2) is 5.45. The van der Waals surface area contributed by atoms with E-state index in [1.165, 1.54) is 9.21 Å². The van der Waals surface area contributed by atoms with Crippen LogP contribution < -0.4 is 0 Å². The summed E-state index contributed by atoms with van der Waals surface area (Å²) in [5, 5.41) is 0. The molecule has 0 atom stereocenters. The first-order chi connectivity index (χ1) is 9.27. The molecule has 20 heavy (non-hydrogen) atoms. The molecule has 0 aliphatic carbocycles. The zero-order valence-corrected chi connectivity index (χ0v) is 11.7. The molecule has 110 valence electrons. The summed E-state index contributed by atoms with van der Waals surface area (Å²) in [4.78, 5) is 13.5. The maximum atomic E-state index is 13.1. The van der Waals surface area contributed by atoms with Crippen LogP contribution in [-0.2, 0) is 10.0 Å². The SMILES string of the molecule is CS(=O)(=O)N1CCN(C(=O)c2cc(F)cc(F)c2)CC1. The molecular formula is C12H14F2N2O3S. The monoisotopic (exact) mass is 304 g/mol. The molecule has 0 saturated carbocycles. The zero-order chi connectivity index (χ0) is 14.9. The summed E-state index contributed by atoms with van der Waals surface area (Å²) in [6, 6.07) is 2.63. The van der Waals surface area contributed by atoms with E-state index in [2.05, 4.69) is 0 Å². The largest absolute Gasteiger partial charge is 0.336 e. The fourth-order valence-electron chi connectivity index (χ4n) is 2.08. The number of rotatable bonds is 2. The Morgan fingerprint density at radius 3 is 2.00 bits per heavy atom. The van der Waals surface area contributed by atoms with Crippen LogP contribution in [0.4, 0.5) is 8.78 Å². The molecule has 1 saturated heterocycles. The van der Waals surface area contributed by atoms with E-state index in [4.69, 9.17) is 0 Å². The molecule has 5 nitrogen and oxygen atoms in total. The Kier molecular flexibility index (Phi) is 4.05. The van der Waals surface area contributed by atoms with Crippen LogP contribution in [0.25, 0.3) is 0 Å². The highest BCUT2D eigenvalue weighted by atomic mass is 32.2. The van der Waals surface area contributed by atoms with E-state index < -0.39 is 27.6 Å². The molecule has 0 bridgehead atoms. The van der Waals surface area contributed by atoms with Gasteiger partial charge in [-0.2, -0.15) is 4.31 Å². The van der Waals surface area contributed by atoms with E-state index in [9.17, 15) is 22.0 Å². The van der Waals surface area contributed by atoms with Crippen LogP contribution in [0.3, 0.4) is 0 Å². The molecule has 8 heteroatoms. The van der Waals surface area contributed by atoms with E-state index >= 15 is 0 Å². The van der Waals surface area contributed by atoms with Gasteiger partial charge >= 0.3 is 0 Å². The number of piperazine rings is 1. The molecule has 1 aliphatic rings. The van der Waals surface area contributed by atoms with Crippen molar-refractivity contribution < 1.29 is 22.0 Å². The van der Waals surface area contributed by atoms with Gasteiger partial charge in [-0.05, 0) is 12.1 Å². The van der Waals surface area contributed by atoms with Gasteiger partial charge in [0.1, 0.15) is 11.6 Å². The highest BCUT2D eigenvalue weighted by Crippen LogP contribution is 2.13. The first-order valence-electron chi connectivity index (χ1n) is 5.98. The van der Waals surface area contributed by atoms with Gasteiger partial charge in [0.05, 0.1) is 6.26 Å². The number of amides is 1. The lowest BCUT2D eigenvalue weighted by Gasteiger charge is -2.33. The topological polar surface area (TPSA) is 57.7 Å². The van der Waals surface area contributed by atoms with Crippen molar-refractivity contribution in [2.75, 3.05) is 32.4 Å². The predicted molar refractivity (Wildman–Crippen MR) is 68.7 cm³/mol. The van der Waals surface area contributed by atoms with Gasteiger partial charge in [-0.15, -0.1) is 0 Å². The van der Waals surface area contributed by atoms with E-state index in [1.54, 1.807) is 0 Å². The van der Waals surface area contributed by atoms with Gasteiger partial charge in [0.25, 0.3) is 5.91 Å². The maximum Gasteiger partial charge on any atom is 0.254 e. The lowest BCUT2D eigenvalue weighted by Crippen LogP contribution is -2.50. The molecule has 1 aromatic carbocycles. The van der Waals surface area contributed by atoms with Crippen LogP contribution in [0.1, 0.15) is 10.4 Å². The van der Waals surface area contributed by atoms with E-state index in [-0.39, 0.29) is 31.7 Å². The number of hydrogen-bond donors (Lipinski definition) is 0. The summed E-state index contributed by atoms with van der Waals surface area (Å²) in [6.07, 6.45) is 1.10. The van der Waals surface area contributed by atoms with Gasteiger partial charge in [0.15, 0.2) is 0 Å². The van der Waals surface area contributed by atoms with Gasteiger partial charge in [0.2, 0.25) is 10.0 Å². The van der Waals surface area contributed by atoms with Gasteiger partial charge in [0, 0.05) is 37.8 Å². The third kappa shape index (κ3) is 3.31. The van der Waals surface area contributed by atoms with Crippen molar-refractivity contribution in [1.82, 2.24) is 9.21 Å². The second-order valence-electron chi connectivity index (χ2n) is 4.61. The van der Waals surface area contributed by atoms with E-state index in [0.29, 0.717) is 6.07 Å². The number of benzene rings is 1. The first kappa shape index (κ1) is 14.9. The minimum Gasteiger partial charge on any atom is -0.336 e. The molecule has 1 amide bonds. The summed E-state index contributed by atoms with van der Waals surface area (Å²) in [7, 11) is -3.28. The van der Waals surface area contributed by atoms with Crippen LogP contribution in [0.5, 0.6) is 0 Å². The Morgan fingerprint density at radius 2 is 1.55 bits per heavy atom. The zero-order valence-electron chi connectivity index (χ0n) is 10.8. The second-order valence-corrected chi connectivity index (χ2v) is 6.59. The summed E-state index contributed by atoms with van der Waals surface area (Å²) in [5.41, 5.74) is -0.0738. The molecule has 2 rings (SSSR count). The fraction of sp³-hybridized carbons (Fsp3) is 0.417. The Morgan fingerprint density at radius 1 is 1.05 bits per heavy atom. The van der Waals surface area contributed by atoms with Crippen LogP contribution in [0.2, 0.25) is 0 Å². The average molecular weight is 304 g/mol. The van der Waals surface area contributed by atoms with Crippen molar-refractivity contribution in [3.05, 3.63) is 35.4 Å². The fourth-order valence-corrected chi connectivity index (χ4v) is 2.91.